The van der Waals surface area contributed by atoms with Gasteiger partial charge in [0.2, 0.25) is 17.6 Å². The Bertz CT molecular complexity index is 1080. The summed E-state index contributed by atoms with van der Waals surface area (Å²) in [6.07, 6.45) is 1.84. The molecule has 7 nitrogen and oxygen atoms in total. The summed E-state index contributed by atoms with van der Waals surface area (Å²) < 4.78 is 11.4. The van der Waals surface area contributed by atoms with E-state index in [9.17, 15) is 4.79 Å². The molecule has 0 aliphatic carbocycles. The second-order valence-corrected chi connectivity index (χ2v) is 8.89. The molecule has 2 aromatic carbocycles. The molecule has 2 atom stereocenters. The van der Waals surface area contributed by atoms with E-state index in [1.807, 2.05) is 69.3 Å². The first kappa shape index (κ1) is 23.0. The highest BCUT2D eigenvalue weighted by atomic mass is 16.5. The SMILES string of the molecule is Cc1ccccc1OCC(C)NC(=O)C1CCCN(Cc2nc(-c3ccccc3C)no2)C1. The van der Waals surface area contributed by atoms with Crippen molar-refractivity contribution in [2.75, 3.05) is 19.7 Å². The minimum Gasteiger partial charge on any atom is -0.491 e. The number of para-hydroxylation sites is 1. The number of likely N-dealkylation sites (tertiary alicyclic amines) is 1. The Hall–Kier alpha value is -3.19. The van der Waals surface area contributed by atoms with Crippen LogP contribution < -0.4 is 10.1 Å². The number of aromatic nitrogens is 2. The van der Waals surface area contributed by atoms with Crippen molar-refractivity contribution in [2.24, 2.45) is 5.92 Å². The molecule has 1 fully saturated rings. The van der Waals surface area contributed by atoms with Crippen LogP contribution in [-0.4, -0.2) is 46.7 Å². The first-order chi connectivity index (χ1) is 16.0. The van der Waals surface area contributed by atoms with Crippen LogP contribution in [0.1, 0.15) is 36.8 Å². The smallest absolute Gasteiger partial charge is 0.241 e. The lowest BCUT2D eigenvalue weighted by Gasteiger charge is -2.31. The van der Waals surface area contributed by atoms with Crippen LogP contribution in [0.2, 0.25) is 0 Å². The predicted molar refractivity (Wildman–Crippen MR) is 127 cm³/mol. The first-order valence-electron chi connectivity index (χ1n) is 11.6. The van der Waals surface area contributed by atoms with Crippen molar-refractivity contribution in [2.45, 2.75) is 46.2 Å². The molecule has 3 aromatic rings. The van der Waals surface area contributed by atoms with Gasteiger partial charge in [0.15, 0.2) is 0 Å². The Morgan fingerprint density at radius 3 is 2.73 bits per heavy atom. The molecule has 174 valence electrons. The van der Waals surface area contributed by atoms with Crippen LogP contribution >= 0.6 is 0 Å². The van der Waals surface area contributed by atoms with Crippen molar-refractivity contribution in [3.05, 3.63) is 65.5 Å². The Morgan fingerprint density at radius 2 is 1.94 bits per heavy atom. The molecular weight excluding hydrogens is 416 g/mol. The molecule has 0 saturated carbocycles. The number of carbonyl (C=O) groups is 1. The number of amides is 1. The lowest BCUT2D eigenvalue weighted by Crippen LogP contribution is -2.46. The summed E-state index contributed by atoms with van der Waals surface area (Å²) >= 11 is 0. The van der Waals surface area contributed by atoms with Crippen molar-refractivity contribution in [1.29, 1.82) is 0 Å². The molecule has 2 unspecified atom stereocenters. The zero-order valence-electron chi connectivity index (χ0n) is 19.6. The number of ether oxygens (including phenoxy) is 1. The van der Waals surface area contributed by atoms with Crippen molar-refractivity contribution < 1.29 is 14.1 Å². The normalized spacial score (nSPS) is 17.5. The molecule has 1 aliphatic rings. The maximum Gasteiger partial charge on any atom is 0.241 e. The number of nitrogens with one attached hydrogen (secondary N) is 1. The molecular formula is C26H32N4O3. The molecule has 0 spiro atoms. The van der Waals surface area contributed by atoms with Gasteiger partial charge >= 0.3 is 0 Å². The quantitative estimate of drug-likeness (QED) is 0.558. The molecule has 1 aromatic heterocycles. The number of rotatable bonds is 8. The van der Waals surface area contributed by atoms with Gasteiger partial charge in [0, 0.05) is 12.1 Å². The molecule has 33 heavy (non-hydrogen) atoms. The minimum atomic E-state index is -0.0694. The van der Waals surface area contributed by atoms with Gasteiger partial charge < -0.3 is 14.6 Å². The van der Waals surface area contributed by atoms with E-state index < -0.39 is 0 Å². The average Bonchev–Trinajstić information content (AvgIpc) is 3.27. The summed E-state index contributed by atoms with van der Waals surface area (Å²) in [4.78, 5) is 19.7. The topological polar surface area (TPSA) is 80.5 Å². The van der Waals surface area contributed by atoms with Gasteiger partial charge in [-0.15, -0.1) is 0 Å². The average molecular weight is 449 g/mol. The fourth-order valence-electron chi connectivity index (χ4n) is 4.19. The fourth-order valence-corrected chi connectivity index (χ4v) is 4.19. The van der Waals surface area contributed by atoms with Crippen LogP contribution in [-0.2, 0) is 11.3 Å². The number of hydrogen-bond acceptors (Lipinski definition) is 6. The van der Waals surface area contributed by atoms with E-state index in [-0.39, 0.29) is 17.9 Å². The Balaban J connectivity index is 1.28. The largest absolute Gasteiger partial charge is 0.491 e. The summed E-state index contributed by atoms with van der Waals surface area (Å²) in [5.41, 5.74) is 3.18. The van der Waals surface area contributed by atoms with Gasteiger partial charge in [-0.1, -0.05) is 47.6 Å². The van der Waals surface area contributed by atoms with Crippen LogP contribution in [0.25, 0.3) is 11.4 Å². The summed E-state index contributed by atoms with van der Waals surface area (Å²) in [6.45, 7) is 8.61. The molecule has 4 rings (SSSR count). The van der Waals surface area contributed by atoms with Crippen molar-refractivity contribution in [3.63, 3.8) is 0 Å². The summed E-state index contributed by atoms with van der Waals surface area (Å²) in [5, 5.41) is 7.27. The lowest BCUT2D eigenvalue weighted by molar-refractivity contribution is -0.127. The van der Waals surface area contributed by atoms with Gasteiger partial charge in [-0.05, 0) is 57.4 Å². The third-order valence-electron chi connectivity index (χ3n) is 6.06. The zero-order chi connectivity index (χ0) is 23.2. The zero-order valence-corrected chi connectivity index (χ0v) is 19.6. The first-order valence-corrected chi connectivity index (χ1v) is 11.6. The molecule has 2 heterocycles. The Morgan fingerprint density at radius 1 is 1.18 bits per heavy atom. The summed E-state index contributed by atoms with van der Waals surface area (Å²) in [6, 6.07) is 15.8. The highest BCUT2D eigenvalue weighted by Crippen LogP contribution is 2.22. The van der Waals surface area contributed by atoms with Gasteiger partial charge in [0.25, 0.3) is 0 Å². The van der Waals surface area contributed by atoms with Crippen molar-refractivity contribution in [3.8, 4) is 17.1 Å². The van der Waals surface area contributed by atoms with Crippen molar-refractivity contribution >= 4 is 5.91 Å². The second kappa shape index (κ2) is 10.6. The van der Waals surface area contributed by atoms with Crippen LogP contribution in [0.3, 0.4) is 0 Å². The summed E-state index contributed by atoms with van der Waals surface area (Å²) in [7, 11) is 0. The number of piperidine rings is 1. The minimum absolute atomic E-state index is 0.0570. The molecule has 7 heteroatoms. The van der Waals surface area contributed by atoms with E-state index in [4.69, 9.17) is 9.26 Å². The maximum atomic E-state index is 12.9. The van der Waals surface area contributed by atoms with Crippen LogP contribution in [0.5, 0.6) is 5.75 Å². The van der Waals surface area contributed by atoms with Crippen molar-refractivity contribution in [1.82, 2.24) is 20.4 Å². The molecule has 1 saturated heterocycles. The summed E-state index contributed by atoms with van der Waals surface area (Å²) in [5.74, 6) is 2.06. The highest BCUT2D eigenvalue weighted by Gasteiger charge is 2.27. The van der Waals surface area contributed by atoms with Gasteiger partial charge in [-0.3, -0.25) is 9.69 Å². The Labute approximate surface area is 195 Å². The number of aryl methyl sites for hydroxylation is 2. The predicted octanol–water partition coefficient (Wildman–Crippen LogP) is 4.15. The number of nitrogens with zero attached hydrogens (tertiary/aromatic N) is 3. The van der Waals surface area contributed by atoms with E-state index in [0.29, 0.717) is 31.4 Å². The maximum absolute atomic E-state index is 12.9. The van der Waals surface area contributed by atoms with Gasteiger partial charge in [-0.25, -0.2) is 0 Å². The third-order valence-corrected chi connectivity index (χ3v) is 6.06. The van der Waals surface area contributed by atoms with E-state index in [1.165, 1.54) is 0 Å². The van der Waals surface area contributed by atoms with Gasteiger partial charge in [0.1, 0.15) is 12.4 Å². The van der Waals surface area contributed by atoms with Gasteiger partial charge in [0.05, 0.1) is 18.5 Å². The molecule has 1 aliphatic heterocycles. The fraction of sp³-hybridized carbons (Fsp3) is 0.423. The molecule has 1 amide bonds. The number of hydrogen-bond donors (Lipinski definition) is 1. The van der Waals surface area contributed by atoms with Gasteiger partial charge in [-0.2, -0.15) is 4.98 Å². The standard InChI is InChI=1S/C26H32N4O3/c1-18-9-4-6-12-22(18)25-28-24(33-29-25)16-30-14-8-11-21(15-30)26(31)27-20(3)17-32-23-13-7-5-10-19(23)2/h4-7,9-10,12-13,20-21H,8,11,14-17H2,1-3H3,(H,27,31). The third kappa shape index (κ3) is 5.99. The number of benzene rings is 2. The van der Waals surface area contributed by atoms with E-state index >= 15 is 0 Å². The van der Waals surface area contributed by atoms with Crippen LogP contribution in [0.4, 0.5) is 0 Å². The van der Waals surface area contributed by atoms with Crippen LogP contribution in [0, 0.1) is 19.8 Å². The Kier molecular flexibility index (Phi) is 7.40. The monoisotopic (exact) mass is 448 g/mol. The highest BCUT2D eigenvalue weighted by molar-refractivity contribution is 5.79. The molecule has 0 radical (unpaired) electrons. The molecule has 1 N–H and O–H groups in total. The van der Waals surface area contributed by atoms with E-state index in [1.54, 1.807) is 0 Å². The molecule has 0 bridgehead atoms. The second-order valence-electron chi connectivity index (χ2n) is 8.89. The lowest BCUT2D eigenvalue weighted by atomic mass is 9.97. The van der Waals surface area contributed by atoms with E-state index in [0.717, 1.165) is 41.8 Å². The van der Waals surface area contributed by atoms with Crippen LogP contribution in [0.15, 0.2) is 53.1 Å². The number of carbonyl (C=O) groups excluding carboxylic acids is 1. The van der Waals surface area contributed by atoms with E-state index in [2.05, 4.69) is 20.4 Å².